The van der Waals surface area contributed by atoms with E-state index < -0.39 is 25.2 Å². The molecule has 7 atom stereocenters. The molecule has 0 amide bonds. The first-order valence-electron chi connectivity index (χ1n) is 23.0. The number of ketones is 1. The normalized spacial score (nSPS) is 29.9. The highest BCUT2D eigenvalue weighted by Gasteiger charge is 2.46. The molecule has 8 N–H and O–H groups in total. The van der Waals surface area contributed by atoms with Crippen molar-refractivity contribution in [3.63, 3.8) is 0 Å². The summed E-state index contributed by atoms with van der Waals surface area (Å²) in [4.78, 5) is 18.2. The third-order valence-electron chi connectivity index (χ3n) is 14.4. The number of carbonyl (C=O) groups excluding carboxylic acids is 1. The van der Waals surface area contributed by atoms with Crippen LogP contribution < -0.4 is 30.6 Å². The summed E-state index contributed by atoms with van der Waals surface area (Å²) in [6.45, 7) is 3.85. The minimum atomic E-state index is -1.20. The molecule has 2 spiro atoms. The van der Waals surface area contributed by atoms with Gasteiger partial charge in [0.1, 0.15) is 12.5 Å². The number of fused-ring (bicyclic) bond motifs is 7. The molecule has 2 aromatic rings. The molecule has 4 aliphatic heterocycles. The molecule has 4 heterocycles. The summed E-state index contributed by atoms with van der Waals surface area (Å²) >= 11 is 0. The number of aliphatic hydroxyl groups excluding tert-OH is 3. The summed E-state index contributed by atoms with van der Waals surface area (Å²) in [7, 11) is 3.56. The van der Waals surface area contributed by atoms with E-state index in [-0.39, 0.29) is 72.1 Å². The number of Topliss-reactive ketones (excluding diaryl/α,β-unsaturated/α-hetero) is 1. The van der Waals surface area contributed by atoms with Gasteiger partial charge in [0.25, 0.3) is 0 Å². The van der Waals surface area contributed by atoms with Crippen LogP contribution >= 0.6 is 21.6 Å². The van der Waals surface area contributed by atoms with Gasteiger partial charge in [0.15, 0.2) is 35.8 Å². The molecule has 7 aliphatic rings. The van der Waals surface area contributed by atoms with Crippen molar-refractivity contribution in [3.8, 4) is 46.7 Å². The fourth-order valence-electron chi connectivity index (χ4n) is 10.9. The second kappa shape index (κ2) is 20.2. The van der Waals surface area contributed by atoms with Crippen LogP contribution in [0.4, 0.5) is 0 Å². The van der Waals surface area contributed by atoms with Gasteiger partial charge in [-0.2, -0.15) is 0 Å². The molecule has 2 aromatic carbocycles. The summed E-state index contributed by atoms with van der Waals surface area (Å²) in [6, 6.07) is 4.91. The van der Waals surface area contributed by atoms with Gasteiger partial charge in [-0.25, -0.2) is 4.99 Å². The van der Waals surface area contributed by atoms with Gasteiger partial charge in [0, 0.05) is 65.7 Å². The predicted molar refractivity (Wildman–Crippen MR) is 248 cm³/mol. The van der Waals surface area contributed by atoms with Crippen molar-refractivity contribution in [1.29, 1.82) is 0 Å². The summed E-state index contributed by atoms with van der Waals surface area (Å²) < 4.78 is 19.0. The minimum Gasteiger partial charge on any atom is -0.504 e. The lowest BCUT2D eigenvalue weighted by molar-refractivity contribution is -0.121. The van der Waals surface area contributed by atoms with E-state index in [0.29, 0.717) is 72.4 Å². The van der Waals surface area contributed by atoms with Crippen LogP contribution in [0.15, 0.2) is 23.2 Å². The third-order valence-corrected chi connectivity index (χ3v) is 16.9. The molecule has 2 saturated carbocycles. The fourth-order valence-corrected chi connectivity index (χ4v) is 13.8. The number of benzene rings is 2. The number of carbonyl (C=O) groups is 1. The number of rotatable bonds is 3. The van der Waals surface area contributed by atoms with E-state index in [1.54, 1.807) is 27.7 Å². The summed E-state index contributed by atoms with van der Waals surface area (Å²) in [5.41, 5.74) is 10.4. The predicted octanol–water partition coefficient (Wildman–Crippen LogP) is 5.90. The van der Waals surface area contributed by atoms with Crippen molar-refractivity contribution in [3.05, 3.63) is 46.0 Å². The number of aliphatic imine (C=N–C) groups is 1. The number of aryl methyl sites for hydroxylation is 2. The maximum absolute atomic E-state index is 13.2. The van der Waals surface area contributed by atoms with Gasteiger partial charge in [-0.15, -0.1) is 0 Å². The number of nitrogens with one attached hydrogen (secondary N) is 2. The van der Waals surface area contributed by atoms with Gasteiger partial charge < -0.3 is 45.7 Å². The lowest BCUT2D eigenvalue weighted by atomic mass is 9.64. The molecule has 0 saturated heterocycles. The number of hydrogen-bond acceptors (Lipinski definition) is 14. The Balaban J connectivity index is 1.25. The van der Waals surface area contributed by atoms with E-state index in [1.165, 1.54) is 38.2 Å². The molecule has 3 aliphatic carbocycles. The van der Waals surface area contributed by atoms with Crippen LogP contribution in [0.25, 0.3) is 0 Å². The molecule has 0 radical (unpaired) electrons. The van der Waals surface area contributed by atoms with Crippen LogP contribution in [0.1, 0.15) is 119 Å². The second-order valence-corrected chi connectivity index (χ2v) is 21.6. The molecule has 2 fully saturated rings. The maximum atomic E-state index is 13.2. The van der Waals surface area contributed by atoms with Crippen molar-refractivity contribution in [2.24, 2.45) is 33.9 Å². The SMILES string of the molecule is CC(C)C1CSSCC2C(C#CCC3(CCCC4(CCCC4)C3)NCOc3c4cc(c5c3OC(O)C2C5)CCC(O)CC(=O)CCc2ccc(O)c(OCO)c2C#CC4)NC(N)=N1. The minimum absolute atomic E-state index is 0.00843. The highest BCUT2D eigenvalue weighted by Crippen LogP contribution is 2.53. The van der Waals surface area contributed by atoms with E-state index in [1.807, 2.05) is 0 Å². The number of ether oxygens (including phenoxy) is 3. The average molecular weight is 901 g/mol. The molecule has 6 bridgehead atoms. The molecule has 63 heavy (non-hydrogen) atoms. The average Bonchev–Trinajstić information content (AvgIpc) is 3.69. The van der Waals surface area contributed by atoms with E-state index in [4.69, 9.17) is 24.9 Å². The number of aliphatic hydroxyl groups is 3. The Hall–Kier alpha value is -3.76. The monoisotopic (exact) mass is 900 g/mol. The summed E-state index contributed by atoms with van der Waals surface area (Å²) in [5, 5.41) is 51.4. The van der Waals surface area contributed by atoms with Gasteiger partial charge in [0.2, 0.25) is 6.29 Å². The Kier molecular flexibility index (Phi) is 14.7. The number of nitrogens with zero attached hydrogens (tertiary/aromatic N) is 1. The van der Waals surface area contributed by atoms with Gasteiger partial charge in [-0.1, -0.05) is 90.5 Å². The maximum Gasteiger partial charge on any atom is 0.201 e. The number of nitrogens with two attached hydrogens (primary N) is 1. The lowest BCUT2D eigenvalue weighted by Gasteiger charge is -2.47. The number of phenols is 1. The zero-order valence-electron chi connectivity index (χ0n) is 36.7. The van der Waals surface area contributed by atoms with Crippen molar-refractivity contribution in [2.45, 2.75) is 147 Å². The summed E-state index contributed by atoms with van der Waals surface area (Å²) in [5.74, 6) is 16.2. The standard InChI is InChI=1S/C49H64N4O8S2/c1-30(2)41-26-63-62-25-39-38-24-37-32-12-15-35(56)23-34(55)14-11-31-13-16-42(57)44(60-29-54)36(31)9-5-8-33(22-32)43(45(37)61-46(38)58)59-28-51-49(20-6-10-40(39)52-47(50)53-41)21-7-19-48(27-49)17-3-4-18-48/h13,16,22,30,35,38-41,46,51,54,56-58H,3-4,7-8,11-12,14-15,17-21,23-29H2,1-2H3,(H3,50,52,53). The van der Waals surface area contributed by atoms with Gasteiger partial charge >= 0.3 is 0 Å². The van der Waals surface area contributed by atoms with E-state index >= 15 is 0 Å². The number of aromatic hydroxyl groups is 1. The first-order chi connectivity index (χ1) is 30.4. The molecular formula is C49H64N4O8S2. The molecule has 340 valence electrons. The quantitative estimate of drug-likeness (QED) is 0.110. The van der Waals surface area contributed by atoms with Crippen molar-refractivity contribution in [1.82, 2.24) is 10.6 Å². The first kappa shape index (κ1) is 45.8. The lowest BCUT2D eigenvalue weighted by Crippen LogP contribution is -2.53. The van der Waals surface area contributed by atoms with Crippen molar-refractivity contribution in [2.75, 3.05) is 25.0 Å². The Labute approximate surface area is 380 Å². The van der Waals surface area contributed by atoms with E-state index in [9.17, 15) is 25.2 Å². The van der Waals surface area contributed by atoms with Crippen LogP contribution in [-0.2, 0) is 30.5 Å². The zero-order chi connectivity index (χ0) is 44.1. The van der Waals surface area contributed by atoms with Gasteiger partial charge in [-0.3, -0.25) is 10.1 Å². The van der Waals surface area contributed by atoms with Crippen LogP contribution in [0.2, 0.25) is 0 Å². The largest absolute Gasteiger partial charge is 0.504 e. The second-order valence-electron chi connectivity index (χ2n) is 19.0. The number of guanidine groups is 1. The zero-order valence-corrected chi connectivity index (χ0v) is 38.3. The number of phenolic OH excluding ortho intramolecular Hbond substituents is 1. The van der Waals surface area contributed by atoms with Crippen molar-refractivity contribution >= 4 is 33.3 Å². The first-order valence-corrected chi connectivity index (χ1v) is 25.4. The molecule has 9 rings (SSSR count). The van der Waals surface area contributed by atoms with E-state index in [0.717, 1.165) is 41.7 Å². The Morgan fingerprint density at radius 2 is 1.79 bits per heavy atom. The highest BCUT2D eigenvalue weighted by atomic mass is 33.1. The molecule has 12 nitrogen and oxygen atoms in total. The van der Waals surface area contributed by atoms with Crippen molar-refractivity contribution < 1.29 is 39.4 Å². The van der Waals surface area contributed by atoms with Crippen LogP contribution in [0.3, 0.4) is 0 Å². The Bertz CT molecular complexity index is 2160. The van der Waals surface area contributed by atoms with E-state index in [2.05, 4.69) is 54.2 Å². The highest BCUT2D eigenvalue weighted by molar-refractivity contribution is 8.76. The molecule has 14 heteroatoms. The summed E-state index contributed by atoms with van der Waals surface area (Å²) in [6.07, 6.45) is 9.84. The molecular weight excluding hydrogens is 837 g/mol. The molecule has 0 aromatic heterocycles. The van der Waals surface area contributed by atoms with Crippen LogP contribution in [-0.4, -0.2) is 87.2 Å². The smallest absolute Gasteiger partial charge is 0.201 e. The number of hydrogen-bond donors (Lipinski definition) is 7. The van der Waals surface area contributed by atoms with Crippen LogP contribution in [0.5, 0.6) is 23.0 Å². The topological polar surface area (TPSA) is 188 Å². The van der Waals surface area contributed by atoms with Gasteiger partial charge in [0.05, 0.1) is 23.8 Å². The third kappa shape index (κ3) is 10.5. The molecule has 7 unspecified atom stereocenters. The Morgan fingerprint density at radius 3 is 2.60 bits per heavy atom. The van der Waals surface area contributed by atoms with Crippen LogP contribution in [0, 0.1) is 46.9 Å². The Morgan fingerprint density at radius 1 is 0.984 bits per heavy atom. The van der Waals surface area contributed by atoms with Gasteiger partial charge in [-0.05, 0) is 86.3 Å². The fraction of sp³-hybridized carbons (Fsp3) is 0.633.